The minimum Gasteiger partial charge on any atom is -0.372 e. The number of sulfonamides is 1. The van der Waals surface area contributed by atoms with Crippen LogP contribution in [0.2, 0.25) is 0 Å². The molecule has 2 atom stereocenters. The number of rotatable bonds is 6. The third-order valence-electron chi connectivity index (χ3n) is 4.08. The molecule has 0 aromatic carbocycles. The summed E-state index contributed by atoms with van der Waals surface area (Å²) in [4.78, 5) is 6.69. The normalized spacial score (nSPS) is 22.6. The number of hydrogen-bond donors (Lipinski definition) is 1. The van der Waals surface area contributed by atoms with Gasteiger partial charge in [-0.3, -0.25) is 0 Å². The highest BCUT2D eigenvalue weighted by atomic mass is 32.2. The number of morpholine rings is 1. The minimum absolute atomic E-state index is 0.0411. The van der Waals surface area contributed by atoms with E-state index < -0.39 is 10.0 Å². The van der Waals surface area contributed by atoms with Crippen molar-refractivity contribution in [3.63, 3.8) is 0 Å². The molecule has 0 radical (unpaired) electrons. The molecule has 1 fully saturated rings. The highest BCUT2D eigenvalue weighted by molar-refractivity contribution is 7.89. The molecule has 1 aliphatic rings. The fourth-order valence-corrected chi connectivity index (χ4v) is 4.17. The maximum Gasteiger partial charge on any atom is 0.242 e. The molecule has 0 amide bonds. The Hall–Kier alpha value is -1.18. The SMILES string of the molecule is CCC(CC)NS(=O)(=O)c1ccc(N2CC(C)OC(C)C2)nc1. The Morgan fingerprint density at radius 1 is 1.26 bits per heavy atom. The zero-order valence-electron chi connectivity index (χ0n) is 14.3. The van der Waals surface area contributed by atoms with Crippen molar-refractivity contribution < 1.29 is 13.2 Å². The first kappa shape index (κ1) is 18.2. The molecule has 7 heteroatoms. The van der Waals surface area contributed by atoms with E-state index in [0.717, 1.165) is 31.7 Å². The Labute approximate surface area is 139 Å². The van der Waals surface area contributed by atoms with E-state index in [1.165, 1.54) is 6.20 Å². The third kappa shape index (κ3) is 4.65. The molecule has 23 heavy (non-hydrogen) atoms. The Morgan fingerprint density at radius 3 is 2.35 bits per heavy atom. The Morgan fingerprint density at radius 2 is 1.87 bits per heavy atom. The predicted molar refractivity (Wildman–Crippen MR) is 91.2 cm³/mol. The summed E-state index contributed by atoms with van der Waals surface area (Å²) in [6.07, 6.45) is 3.25. The van der Waals surface area contributed by atoms with Gasteiger partial charge in [-0.05, 0) is 38.8 Å². The van der Waals surface area contributed by atoms with Gasteiger partial charge in [0.1, 0.15) is 10.7 Å². The maximum atomic E-state index is 12.4. The van der Waals surface area contributed by atoms with E-state index >= 15 is 0 Å². The summed E-state index contributed by atoms with van der Waals surface area (Å²) in [7, 11) is -3.51. The van der Waals surface area contributed by atoms with Crippen LogP contribution in [0.4, 0.5) is 5.82 Å². The average molecular weight is 341 g/mol. The summed E-state index contributed by atoms with van der Waals surface area (Å²) in [5.74, 6) is 0.786. The molecule has 6 nitrogen and oxygen atoms in total. The molecule has 2 rings (SSSR count). The molecule has 1 N–H and O–H groups in total. The van der Waals surface area contributed by atoms with Crippen LogP contribution in [-0.4, -0.2) is 44.7 Å². The van der Waals surface area contributed by atoms with Gasteiger partial charge in [-0.15, -0.1) is 0 Å². The Balaban J connectivity index is 2.12. The minimum atomic E-state index is -3.51. The zero-order chi connectivity index (χ0) is 17.0. The van der Waals surface area contributed by atoms with Crippen molar-refractivity contribution in [3.8, 4) is 0 Å². The molecular weight excluding hydrogens is 314 g/mol. The van der Waals surface area contributed by atoms with Crippen molar-refractivity contribution in [2.24, 2.45) is 0 Å². The summed E-state index contributed by atoms with van der Waals surface area (Å²) in [6, 6.07) is 3.35. The van der Waals surface area contributed by atoms with Gasteiger partial charge in [0.15, 0.2) is 0 Å². The van der Waals surface area contributed by atoms with Crippen molar-refractivity contribution in [1.29, 1.82) is 0 Å². The quantitative estimate of drug-likeness (QED) is 0.858. The summed E-state index contributed by atoms with van der Waals surface area (Å²) < 4.78 is 33.2. The van der Waals surface area contributed by atoms with Gasteiger partial charge in [0.25, 0.3) is 0 Å². The fraction of sp³-hybridized carbons (Fsp3) is 0.688. The summed E-state index contributed by atoms with van der Waals surface area (Å²) >= 11 is 0. The first-order valence-corrected chi connectivity index (χ1v) is 9.72. The van der Waals surface area contributed by atoms with Crippen LogP contribution in [0.25, 0.3) is 0 Å². The predicted octanol–water partition coefficient (Wildman–Crippen LogP) is 2.16. The van der Waals surface area contributed by atoms with E-state index in [4.69, 9.17) is 4.74 Å². The van der Waals surface area contributed by atoms with E-state index in [1.54, 1.807) is 12.1 Å². The second-order valence-electron chi connectivity index (χ2n) is 6.15. The molecule has 1 aromatic rings. The monoisotopic (exact) mass is 341 g/mol. The molecule has 0 saturated carbocycles. The summed E-state index contributed by atoms with van der Waals surface area (Å²) in [6.45, 7) is 9.52. The van der Waals surface area contributed by atoms with Crippen molar-refractivity contribution in [2.75, 3.05) is 18.0 Å². The van der Waals surface area contributed by atoms with E-state index in [2.05, 4.69) is 14.6 Å². The summed E-state index contributed by atoms with van der Waals surface area (Å²) in [5, 5.41) is 0. The van der Waals surface area contributed by atoms with Crippen LogP contribution in [0.5, 0.6) is 0 Å². The Bertz CT molecular complexity index is 590. The second-order valence-corrected chi connectivity index (χ2v) is 7.86. The smallest absolute Gasteiger partial charge is 0.242 e. The lowest BCUT2D eigenvalue weighted by Gasteiger charge is -2.36. The molecule has 2 unspecified atom stereocenters. The lowest BCUT2D eigenvalue weighted by molar-refractivity contribution is -0.00546. The third-order valence-corrected chi connectivity index (χ3v) is 5.59. The van der Waals surface area contributed by atoms with Crippen LogP contribution < -0.4 is 9.62 Å². The largest absolute Gasteiger partial charge is 0.372 e. The number of nitrogens with one attached hydrogen (secondary N) is 1. The zero-order valence-corrected chi connectivity index (χ0v) is 15.1. The lowest BCUT2D eigenvalue weighted by Crippen LogP contribution is -2.45. The number of aromatic nitrogens is 1. The number of anilines is 1. The van der Waals surface area contributed by atoms with E-state index in [0.29, 0.717) is 0 Å². The summed E-state index contributed by atoms with van der Waals surface area (Å²) in [5.41, 5.74) is 0. The number of nitrogens with zero attached hydrogens (tertiary/aromatic N) is 2. The van der Waals surface area contributed by atoms with Crippen LogP contribution in [-0.2, 0) is 14.8 Å². The van der Waals surface area contributed by atoms with Gasteiger partial charge in [0.2, 0.25) is 10.0 Å². The molecule has 1 aliphatic heterocycles. The average Bonchev–Trinajstić information content (AvgIpc) is 2.52. The first-order valence-electron chi connectivity index (χ1n) is 8.24. The van der Waals surface area contributed by atoms with Gasteiger partial charge in [0, 0.05) is 25.3 Å². The number of hydrogen-bond acceptors (Lipinski definition) is 5. The van der Waals surface area contributed by atoms with E-state index in [9.17, 15) is 8.42 Å². The van der Waals surface area contributed by atoms with Crippen molar-refractivity contribution in [2.45, 2.75) is 63.7 Å². The molecule has 0 bridgehead atoms. The number of ether oxygens (including phenoxy) is 1. The highest BCUT2D eigenvalue weighted by Crippen LogP contribution is 2.20. The van der Waals surface area contributed by atoms with Crippen molar-refractivity contribution in [3.05, 3.63) is 18.3 Å². The number of pyridine rings is 1. The molecule has 1 aromatic heterocycles. The van der Waals surface area contributed by atoms with Crippen LogP contribution in [0, 0.1) is 0 Å². The van der Waals surface area contributed by atoms with Gasteiger partial charge in [-0.25, -0.2) is 18.1 Å². The lowest BCUT2D eigenvalue weighted by atomic mass is 10.2. The van der Waals surface area contributed by atoms with Crippen LogP contribution >= 0.6 is 0 Å². The van der Waals surface area contributed by atoms with Gasteiger partial charge in [-0.1, -0.05) is 13.8 Å². The van der Waals surface area contributed by atoms with Crippen LogP contribution in [0.15, 0.2) is 23.2 Å². The molecule has 0 aliphatic carbocycles. The van der Waals surface area contributed by atoms with Gasteiger partial charge in [-0.2, -0.15) is 0 Å². The van der Waals surface area contributed by atoms with Gasteiger partial charge < -0.3 is 9.64 Å². The first-order chi connectivity index (χ1) is 10.9. The van der Waals surface area contributed by atoms with Crippen molar-refractivity contribution in [1.82, 2.24) is 9.71 Å². The van der Waals surface area contributed by atoms with Crippen LogP contribution in [0.1, 0.15) is 40.5 Å². The van der Waals surface area contributed by atoms with E-state index in [1.807, 2.05) is 27.7 Å². The topological polar surface area (TPSA) is 71.5 Å². The van der Waals surface area contributed by atoms with Gasteiger partial charge >= 0.3 is 0 Å². The molecule has 130 valence electrons. The van der Waals surface area contributed by atoms with E-state index in [-0.39, 0.29) is 23.1 Å². The molecule has 0 spiro atoms. The fourth-order valence-electron chi connectivity index (χ4n) is 2.83. The molecule has 2 heterocycles. The van der Waals surface area contributed by atoms with Crippen molar-refractivity contribution >= 4 is 15.8 Å². The standard InChI is InChI=1S/C16H27N3O3S/c1-5-14(6-2)18-23(20,21)15-7-8-16(17-9-15)19-10-12(3)22-13(4)11-19/h7-9,12-14,18H,5-6,10-11H2,1-4H3. The highest BCUT2D eigenvalue weighted by Gasteiger charge is 2.24. The van der Waals surface area contributed by atoms with Gasteiger partial charge in [0.05, 0.1) is 12.2 Å². The van der Waals surface area contributed by atoms with Crippen LogP contribution in [0.3, 0.4) is 0 Å². The second kappa shape index (κ2) is 7.59. The Kier molecular flexibility index (Phi) is 6.00. The molecular formula is C16H27N3O3S. The maximum absolute atomic E-state index is 12.4. The molecule has 1 saturated heterocycles.